The van der Waals surface area contributed by atoms with Crippen LogP contribution in [-0.2, 0) is 4.79 Å². The number of rotatable bonds is 2. The Labute approximate surface area is 117 Å². The van der Waals surface area contributed by atoms with Gasteiger partial charge in [0.05, 0.1) is 6.04 Å². The highest BCUT2D eigenvalue weighted by Crippen LogP contribution is 2.23. The van der Waals surface area contributed by atoms with Crippen LogP contribution >= 0.6 is 0 Å². The molecule has 2 atom stereocenters. The van der Waals surface area contributed by atoms with Crippen molar-refractivity contribution in [1.29, 1.82) is 0 Å². The van der Waals surface area contributed by atoms with Crippen molar-refractivity contribution in [2.45, 2.75) is 12.1 Å². The first-order chi connectivity index (χ1) is 9.72. The lowest BCUT2D eigenvalue weighted by Gasteiger charge is -2.33. The Morgan fingerprint density at radius 2 is 1.50 bits per heavy atom. The van der Waals surface area contributed by atoms with E-state index < -0.39 is 6.10 Å². The SMILES string of the molecule is O=C1N[C@@H](c2ccccc2)[C@H]1O.O=Cc1ccccc1. The Hall–Kier alpha value is -2.46. The lowest BCUT2D eigenvalue weighted by molar-refractivity contribution is -0.142. The Balaban J connectivity index is 0.000000160. The van der Waals surface area contributed by atoms with E-state index in [4.69, 9.17) is 0 Å². The van der Waals surface area contributed by atoms with Gasteiger partial charge >= 0.3 is 0 Å². The molecule has 1 fully saturated rings. The summed E-state index contributed by atoms with van der Waals surface area (Å²) in [6.45, 7) is 0. The van der Waals surface area contributed by atoms with Crippen molar-refractivity contribution in [3.63, 3.8) is 0 Å². The van der Waals surface area contributed by atoms with Crippen molar-refractivity contribution >= 4 is 12.2 Å². The maximum absolute atomic E-state index is 10.7. The van der Waals surface area contributed by atoms with Gasteiger partial charge in [-0.3, -0.25) is 9.59 Å². The van der Waals surface area contributed by atoms with E-state index in [1.807, 2.05) is 48.5 Å². The molecule has 0 radical (unpaired) electrons. The second-order valence-electron chi connectivity index (χ2n) is 4.37. The number of nitrogens with one attached hydrogen (secondary N) is 1. The van der Waals surface area contributed by atoms with Crippen LogP contribution in [-0.4, -0.2) is 23.4 Å². The fourth-order valence-corrected chi connectivity index (χ4v) is 1.83. The molecule has 102 valence electrons. The summed E-state index contributed by atoms with van der Waals surface area (Å²) in [5.41, 5.74) is 1.68. The van der Waals surface area contributed by atoms with Crippen molar-refractivity contribution < 1.29 is 14.7 Å². The van der Waals surface area contributed by atoms with E-state index in [-0.39, 0.29) is 11.9 Å². The number of benzene rings is 2. The molecular weight excluding hydrogens is 254 g/mol. The normalized spacial score (nSPS) is 19.9. The largest absolute Gasteiger partial charge is 0.381 e. The Morgan fingerprint density at radius 1 is 0.950 bits per heavy atom. The molecule has 3 rings (SSSR count). The summed E-state index contributed by atoms with van der Waals surface area (Å²) in [7, 11) is 0. The van der Waals surface area contributed by atoms with Gasteiger partial charge in [0.1, 0.15) is 6.29 Å². The molecular formula is C16H15NO3. The third-order valence-corrected chi connectivity index (χ3v) is 2.98. The number of hydrogen-bond acceptors (Lipinski definition) is 3. The van der Waals surface area contributed by atoms with Gasteiger partial charge in [-0.25, -0.2) is 0 Å². The number of aldehydes is 1. The monoisotopic (exact) mass is 269 g/mol. The molecule has 4 nitrogen and oxygen atoms in total. The number of β-lactam (4-membered cyclic amide) rings is 1. The second kappa shape index (κ2) is 6.63. The molecule has 1 aliphatic rings. The summed E-state index contributed by atoms with van der Waals surface area (Å²) in [6, 6.07) is 18.3. The van der Waals surface area contributed by atoms with E-state index >= 15 is 0 Å². The van der Waals surface area contributed by atoms with E-state index in [2.05, 4.69) is 5.32 Å². The number of aliphatic hydroxyl groups is 1. The Bertz CT molecular complexity index is 569. The maximum atomic E-state index is 10.7. The van der Waals surface area contributed by atoms with E-state index in [0.717, 1.165) is 17.4 Å². The first-order valence-electron chi connectivity index (χ1n) is 6.26. The van der Waals surface area contributed by atoms with Crippen LogP contribution in [0.1, 0.15) is 22.0 Å². The predicted molar refractivity (Wildman–Crippen MR) is 75.2 cm³/mol. The zero-order valence-electron chi connectivity index (χ0n) is 10.8. The topological polar surface area (TPSA) is 66.4 Å². The molecule has 0 bridgehead atoms. The fraction of sp³-hybridized carbons (Fsp3) is 0.125. The summed E-state index contributed by atoms with van der Waals surface area (Å²) in [6.07, 6.45) is -0.0348. The molecule has 1 amide bonds. The predicted octanol–water partition coefficient (Wildman–Crippen LogP) is 1.72. The lowest BCUT2D eigenvalue weighted by atomic mass is 9.94. The van der Waals surface area contributed by atoms with Gasteiger partial charge in [-0.05, 0) is 5.56 Å². The Kier molecular flexibility index (Phi) is 4.63. The number of amides is 1. The number of carbonyl (C=O) groups is 2. The number of aliphatic hydroxyl groups excluding tert-OH is 1. The van der Waals surface area contributed by atoms with E-state index in [1.54, 1.807) is 12.1 Å². The van der Waals surface area contributed by atoms with Gasteiger partial charge in [0.2, 0.25) is 0 Å². The molecule has 1 saturated heterocycles. The molecule has 4 heteroatoms. The molecule has 1 heterocycles. The van der Waals surface area contributed by atoms with Crippen LogP contribution in [0, 0.1) is 0 Å². The zero-order valence-corrected chi connectivity index (χ0v) is 10.8. The molecule has 1 aliphatic heterocycles. The minimum atomic E-state index is -0.868. The van der Waals surface area contributed by atoms with Crippen molar-refractivity contribution in [2.24, 2.45) is 0 Å². The third-order valence-electron chi connectivity index (χ3n) is 2.98. The van der Waals surface area contributed by atoms with E-state index in [1.165, 1.54) is 0 Å². The molecule has 0 spiro atoms. The quantitative estimate of drug-likeness (QED) is 0.644. The van der Waals surface area contributed by atoms with Crippen LogP contribution in [0.4, 0.5) is 0 Å². The molecule has 0 aliphatic carbocycles. The number of carbonyl (C=O) groups excluding carboxylic acids is 2. The van der Waals surface area contributed by atoms with E-state index in [9.17, 15) is 14.7 Å². The standard InChI is InChI=1S/C9H9NO2.C7H6O/c11-8-7(10-9(8)12)6-4-2-1-3-5-6;8-6-7-4-2-1-3-5-7/h1-5,7-8,11H,(H,10,12);1-6H/t7-,8+;/m0./s1. The van der Waals surface area contributed by atoms with Crippen LogP contribution in [0.25, 0.3) is 0 Å². The summed E-state index contributed by atoms with van der Waals surface area (Å²) < 4.78 is 0. The van der Waals surface area contributed by atoms with Gasteiger partial charge in [0, 0.05) is 5.56 Å². The van der Waals surface area contributed by atoms with Crippen LogP contribution in [0.3, 0.4) is 0 Å². The van der Waals surface area contributed by atoms with Gasteiger partial charge in [0.25, 0.3) is 5.91 Å². The average Bonchev–Trinajstić information content (AvgIpc) is 2.54. The highest BCUT2D eigenvalue weighted by atomic mass is 16.3. The molecule has 2 aromatic carbocycles. The fourth-order valence-electron chi connectivity index (χ4n) is 1.83. The average molecular weight is 269 g/mol. The lowest BCUT2D eigenvalue weighted by Crippen LogP contribution is -2.55. The van der Waals surface area contributed by atoms with Crippen LogP contribution < -0.4 is 5.32 Å². The van der Waals surface area contributed by atoms with E-state index in [0.29, 0.717) is 0 Å². The first-order valence-corrected chi connectivity index (χ1v) is 6.26. The van der Waals surface area contributed by atoms with Gasteiger partial charge < -0.3 is 10.4 Å². The van der Waals surface area contributed by atoms with Crippen molar-refractivity contribution in [3.05, 3.63) is 71.8 Å². The Morgan fingerprint density at radius 3 is 1.90 bits per heavy atom. The minimum absolute atomic E-state index is 0.210. The smallest absolute Gasteiger partial charge is 0.251 e. The van der Waals surface area contributed by atoms with Gasteiger partial charge in [-0.1, -0.05) is 60.7 Å². The molecule has 2 N–H and O–H groups in total. The maximum Gasteiger partial charge on any atom is 0.251 e. The van der Waals surface area contributed by atoms with Gasteiger partial charge in [-0.15, -0.1) is 0 Å². The molecule has 2 aromatic rings. The number of hydrogen-bond donors (Lipinski definition) is 2. The van der Waals surface area contributed by atoms with Gasteiger partial charge in [0.15, 0.2) is 6.10 Å². The van der Waals surface area contributed by atoms with Crippen LogP contribution in [0.5, 0.6) is 0 Å². The van der Waals surface area contributed by atoms with Crippen molar-refractivity contribution in [1.82, 2.24) is 5.32 Å². The van der Waals surface area contributed by atoms with Crippen molar-refractivity contribution in [3.8, 4) is 0 Å². The highest BCUT2D eigenvalue weighted by Gasteiger charge is 2.38. The molecule has 0 unspecified atom stereocenters. The molecule has 0 saturated carbocycles. The second-order valence-corrected chi connectivity index (χ2v) is 4.37. The van der Waals surface area contributed by atoms with Crippen LogP contribution in [0.15, 0.2) is 60.7 Å². The summed E-state index contributed by atoms with van der Waals surface area (Å²) in [4.78, 5) is 20.7. The first kappa shape index (κ1) is 14.0. The van der Waals surface area contributed by atoms with Crippen molar-refractivity contribution in [2.75, 3.05) is 0 Å². The third kappa shape index (κ3) is 3.30. The van der Waals surface area contributed by atoms with Gasteiger partial charge in [-0.2, -0.15) is 0 Å². The van der Waals surface area contributed by atoms with Crippen LogP contribution in [0.2, 0.25) is 0 Å². The molecule has 0 aromatic heterocycles. The summed E-state index contributed by atoms with van der Waals surface area (Å²) in [5, 5.41) is 11.8. The zero-order chi connectivity index (χ0) is 14.4. The minimum Gasteiger partial charge on any atom is -0.381 e. The summed E-state index contributed by atoms with van der Waals surface area (Å²) >= 11 is 0. The summed E-state index contributed by atoms with van der Waals surface area (Å²) in [5.74, 6) is -0.288. The molecule has 20 heavy (non-hydrogen) atoms. The highest BCUT2D eigenvalue weighted by molar-refractivity contribution is 5.88.